The highest BCUT2D eigenvalue weighted by molar-refractivity contribution is 6.01. The first-order chi connectivity index (χ1) is 18.1. The van der Waals surface area contributed by atoms with Crippen molar-refractivity contribution in [2.45, 2.75) is 25.9 Å². The summed E-state index contributed by atoms with van der Waals surface area (Å²) in [6.07, 6.45) is 8.09. The van der Waals surface area contributed by atoms with Gasteiger partial charge in [0.15, 0.2) is 17.3 Å². The number of methoxy groups -OCH3 is 1. The Morgan fingerprint density at radius 2 is 1.89 bits per heavy atom. The Morgan fingerprint density at radius 3 is 2.65 bits per heavy atom. The molecule has 0 spiro atoms. The van der Waals surface area contributed by atoms with Gasteiger partial charge in [0.1, 0.15) is 11.9 Å². The maximum absolute atomic E-state index is 12.5. The molecule has 192 valence electrons. The molecule has 1 aliphatic rings. The topological polar surface area (TPSA) is 103 Å². The molecule has 1 amide bonds. The standard InChI is InChI=1S/C28H30N4O5/c1-3-36-23-8-4-5-9-24(23)37-22-7-6-16-32(19-22)26-18-29-17-25(30-26)31-27(33)15-12-20-10-13-21(14-11-20)28(34)35-2/h4-5,8-15,17-18,22H,3,6-7,16,19H2,1-2H3,(H,30,31,33)/b15-12+/t22-/m1/s1. The molecule has 2 aromatic carbocycles. The number of rotatable bonds is 9. The molecule has 1 atom stereocenters. The largest absolute Gasteiger partial charge is 0.490 e. The Kier molecular flexibility index (Phi) is 8.70. The molecule has 9 nitrogen and oxygen atoms in total. The summed E-state index contributed by atoms with van der Waals surface area (Å²) in [6.45, 7) is 3.99. The van der Waals surface area contributed by atoms with Gasteiger partial charge in [-0.3, -0.25) is 9.78 Å². The van der Waals surface area contributed by atoms with Gasteiger partial charge in [0.2, 0.25) is 5.91 Å². The molecule has 1 aliphatic heterocycles. The first kappa shape index (κ1) is 25.7. The van der Waals surface area contributed by atoms with E-state index in [1.54, 1.807) is 36.5 Å². The molecule has 3 aromatic rings. The van der Waals surface area contributed by atoms with Crippen molar-refractivity contribution < 1.29 is 23.8 Å². The van der Waals surface area contributed by atoms with Crippen molar-refractivity contribution >= 4 is 29.6 Å². The van der Waals surface area contributed by atoms with Crippen LogP contribution in [0.2, 0.25) is 0 Å². The molecule has 0 bridgehead atoms. The van der Waals surface area contributed by atoms with Crippen molar-refractivity contribution in [1.29, 1.82) is 0 Å². The number of hydrogen-bond donors (Lipinski definition) is 1. The second-order valence-corrected chi connectivity index (χ2v) is 8.41. The minimum atomic E-state index is -0.409. The van der Waals surface area contributed by atoms with E-state index < -0.39 is 5.97 Å². The summed E-state index contributed by atoms with van der Waals surface area (Å²) in [5.74, 6) is 1.75. The summed E-state index contributed by atoms with van der Waals surface area (Å²) in [6, 6.07) is 14.4. The highest BCUT2D eigenvalue weighted by Crippen LogP contribution is 2.30. The van der Waals surface area contributed by atoms with Crippen LogP contribution in [0.3, 0.4) is 0 Å². The number of nitrogens with zero attached hydrogens (tertiary/aromatic N) is 3. The minimum Gasteiger partial charge on any atom is -0.490 e. The van der Waals surface area contributed by atoms with Crippen LogP contribution in [0.4, 0.5) is 11.6 Å². The van der Waals surface area contributed by atoms with Crippen LogP contribution in [-0.4, -0.2) is 54.8 Å². The van der Waals surface area contributed by atoms with Gasteiger partial charge in [-0.15, -0.1) is 0 Å². The second kappa shape index (κ2) is 12.5. The van der Waals surface area contributed by atoms with E-state index in [2.05, 4.69) is 20.2 Å². The molecule has 0 radical (unpaired) electrons. The number of anilines is 2. The molecular formula is C28H30N4O5. The number of benzene rings is 2. The number of piperidine rings is 1. The van der Waals surface area contributed by atoms with Gasteiger partial charge in [-0.2, -0.15) is 0 Å². The third kappa shape index (κ3) is 7.07. The van der Waals surface area contributed by atoms with Crippen molar-refractivity contribution in [2.24, 2.45) is 0 Å². The fourth-order valence-electron chi connectivity index (χ4n) is 4.00. The van der Waals surface area contributed by atoms with Gasteiger partial charge < -0.3 is 24.4 Å². The second-order valence-electron chi connectivity index (χ2n) is 8.41. The molecule has 1 aromatic heterocycles. The zero-order valence-corrected chi connectivity index (χ0v) is 20.9. The zero-order chi connectivity index (χ0) is 26.0. The summed E-state index contributed by atoms with van der Waals surface area (Å²) in [5.41, 5.74) is 1.22. The summed E-state index contributed by atoms with van der Waals surface area (Å²) >= 11 is 0. The van der Waals surface area contributed by atoms with Gasteiger partial charge in [0, 0.05) is 12.6 Å². The Bertz CT molecular complexity index is 1250. The number of esters is 1. The zero-order valence-electron chi connectivity index (χ0n) is 20.9. The van der Waals surface area contributed by atoms with Gasteiger partial charge in [-0.25, -0.2) is 9.78 Å². The normalized spacial score (nSPS) is 15.3. The smallest absolute Gasteiger partial charge is 0.337 e. The van der Waals surface area contributed by atoms with Crippen LogP contribution in [0, 0.1) is 0 Å². The molecule has 0 aliphatic carbocycles. The number of ether oxygens (including phenoxy) is 3. The summed E-state index contributed by atoms with van der Waals surface area (Å²) < 4.78 is 16.6. The van der Waals surface area contributed by atoms with E-state index in [-0.39, 0.29) is 12.0 Å². The van der Waals surface area contributed by atoms with Crippen LogP contribution in [0.1, 0.15) is 35.7 Å². The third-order valence-corrected chi connectivity index (χ3v) is 5.78. The van der Waals surface area contributed by atoms with Gasteiger partial charge in [-0.1, -0.05) is 24.3 Å². The molecule has 1 N–H and O–H groups in total. The molecule has 0 unspecified atom stereocenters. The lowest BCUT2D eigenvalue weighted by molar-refractivity contribution is -0.111. The van der Waals surface area contributed by atoms with Gasteiger partial charge in [-0.05, 0) is 55.7 Å². The average molecular weight is 503 g/mol. The number of carbonyl (C=O) groups is 2. The van der Waals surface area contributed by atoms with E-state index in [1.807, 2.05) is 31.2 Å². The summed E-state index contributed by atoms with van der Waals surface area (Å²) in [7, 11) is 1.33. The van der Waals surface area contributed by atoms with Crippen LogP contribution in [0.5, 0.6) is 11.5 Å². The Hall–Kier alpha value is -4.40. The number of aromatic nitrogens is 2. The highest BCUT2D eigenvalue weighted by atomic mass is 16.5. The van der Waals surface area contributed by atoms with Gasteiger partial charge in [0.05, 0.1) is 38.2 Å². The fourth-order valence-corrected chi connectivity index (χ4v) is 4.00. The maximum Gasteiger partial charge on any atom is 0.337 e. The van der Waals surface area contributed by atoms with Crippen LogP contribution < -0.4 is 19.7 Å². The predicted octanol–water partition coefficient (Wildman–Crippen LogP) is 4.36. The van der Waals surface area contributed by atoms with Crippen LogP contribution in [-0.2, 0) is 9.53 Å². The van der Waals surface area contributed by atoms with E-state index >= 15 is 0 Å². The van der Waals surface area contributed by atoms with Gasteiger partial charge >= 0.3 is 5.97 Å². The monoisotopic (exact) mass is 502 g/mol. The lowest BCUT2D eigenvalue weighted by atomic mass is 10.1. The van der Waals surface area contributed by atoms with E-state index in [9.17, 15) is 9.59 Å². The third-order valence-electron chi connectivity index (χ3n) is 5.78. The van der Waals surface area contributed by atoms with Gasteiger partial charge in [0.25, 0.3) is 0 Å². The quantitative estimate of drug-likeness (QED) is 0.340. The predicted molar refractivity (Wildman–Crippen MR) is 141 cm³/mol. The number of carbonyl (C=O) groups excluding carboxylic acids is 2. The van der Waals surface area contributed by atoms with Crippen molar-refractivity contribution in [1.82, 2.24) is 9.97 Å². The fraction of sp³-hybridized carbons (Fsp3) is 0.286. The Balaban J connectivity index is 1.36. The van der Waals surface area contributed by atoms with E-state index in [1.165, 1.54) is 19.4 Å². The number of hydrogen-bond acceptors (Lipinski definition) is 8. The lowest BCUT2D eigenvalue weighted by Crippen LogP contribution is -2.41. The molecule has 2 heterocycles. The average Bonchev–Trinajstić information content (AvgIpc) is 2.93. The molecule has 9 heteroatoms. The number of amides is 1. The molecule has 1 fully saturated rings. The van der Waals surface area contributed by atoms with E-state index in [0.717, 1.165) is 36.4 Å². The Labute approximate surface area is 216 Å². The molecule has 0 saturated carbocycles. The van der Waals surface area contributed by atoms with Crippen molar-refractivity contribution in [3.8, 4) is 11.5 Å². The van der Waals surface area contributed by atoms with Crippen molar-refractivity contribution in [2.75, 3.05) is 37.0 Å². The summed E-state index contributed by atoms with van der Waals surface area (Å²) in [5, 5.41) is 2.76. The van der Waals surface area contributed by atoms with Crippen LogP contribution in [0.15, 0.2) is 67.0 Å². The van der Waals surface area contributed by atoms with E-state index in [0.29, 0.717) is 30.4 Å². The van der Waals surface area contributed by atoms with Crippen molar-refractivity contribution in [3.63, 3.8) is 0 Å². The lowest BCUT2D eigenvalue weighted by Gasteiger charge is -2.33. The first-order valence-electron chi connectivity index (χ1n) is 12.2. The van der Waals surface area contributed by atoms with Crippen LogP contribution in [0.25, 0.3) is 6.08 Å². The Morgan fingerprint density at radius 1 is 1.11 bits per heavy atom. The number of nitrogens with one attached hydrogen (secondary N) is 1. The molecule has 37 heavy (non-hydrogen) atoms. The molecule has 4 rings (SSSR count). The first-order valence-corrected chi connectivity index (χ1v) is 12.2. The summed E-state index contributed by atoms with van der Waals surface area (Å²) in [4.78, 5) is 35.0. The molecular weight excluding hydrogens is 472 g/mol. The maximum atomic E-state index is 12.5. The highest BCUT2D eigenvalue weighted by Gasteiger charge is 2.24. The van der Waals surface area contributed by atoms with Crippen LogP contribution >= 0.6 is 0 Å². The minimum absolute atomic E-state index is 0.0242. The SMILES string of the molecule is CCOc1ccccc1O[C@@H]1CCCN(c2cncc(NC(=O)/C=C/c3ccc(C(=O)OC)cc3)n2)C1. The van der Waals surface area contributed by atoms with E-state index in [4.69, 9.17) is 14.2 Å². The number of para-hydroxylation sites is 2. The van der Waals surface area contributed by atoms with Crippen molar-refractivity contribution in [3.05, 3.63) is 78.1 Å². The molecule has 1 saturated heterocycles.